The lowest BCUT2D eigenvalue weighted by molar-refractivity contribution is -0.122. The fourth-order valence-electron chi connectivity index (χ4n) is 3.18. The molecule has 0 heterocycles. The maximum atomic E-state index is 11.8. The van der Waals surface area contributed by atoms with Gasteiger partial charge in [-0.25, -0.2) is 0 Å². The molecule has 1 aliphatic carbocycles. The second-order valence-corrected chi connectivity index (χ2v) is 6.58. The molecule has 1 saturated carbocycles. The predicted molar refractivity (Wildman–Crippen MR) is 80.8 cm³/mol. The van der Waals surface area contributed by atoms with Gasteiger partial charge in [0.15, 0.2) is 0 Å². The molecule has 0 aromatic carbocycles. The number of amides is 1. The van der Waals surface area contributed by atoms with E-state index in [2.05, 4.69) is 19.2 Å². The Morgan fingerprint density at radius 1 is 1.32 bits per heavy atom. The molecule has 3 nitrogen and oxygen atoms in total. The SMILES string of the molecule is CC(C)C[C@H](CN)CC(=O)NCCCC1CCCC1. The lowest BCUT2D eigenvalue weighted by atomic mass is 9.94. The van der Waals surface area contributed by atoms with Gasteiger partial charge in [-0.3, -0.25) is 4.79 Å². The molecule has 0 unspecified atom stereocenters. The van der Waals surface area contributed by atoms with Gasteiger partial charge in [0, 0.05) is 13.0 Å². The Labute approximate surface area is 118 Å². The largest absolute Gasteiger partial charge is 0.356 e. The molecule has 112 valence electrons. The molecule has 3 N–H and O–H groups in total. The molecular weight excluding hydrogens is 236 g/mol. The van der Waals surface area contributed by atoms with E-state index in [0.29, 0.717) is 24.8 Å². The van der Waals surface area contributed by atoms with Crippen LogP contribution in [-0.4, -0.2) is 19.0 Å². The van der Waals surface area contributed by atoms with E-state index in [1.165, 1.54) is 32.1 Å². The Bertz CT molecular complexity index is 247. The molecule has 0 aromatic heterocycles. The predicted octanol–water partition coefficient (Wildman–Crippen LogP) is 3.08. The van der Waals surface area contributed by atoms with Gasteiger partial charge in [0.05, 0.1) is 0 Å². The third kappa shape index (κ3) is 7.56. The van der Waals surface area contributed by atoms with E-state index in [9.17, 15) is 4.79 Å². The van der Waals surface area contributed by atoms with Crippen LogP contribution < -0.4 is 11.1 Å². The van der Waals surface area contributed by atoms with Crippen molar-refractivity contribution in [3.63, 3.8) is 0 Å². The van der Waals surface area contributed by atoms with Crippen LogP contribution in [0.1, 0.15) is 65.2 Å². The van der Waals surface area contributed by atoms with Crippen molar-refractivity contribution in [2.75, 3.05) is 13.1 Å². The molecule has 0 aromatic rings. The summed E-state index contributed by atoms with van der Waals surface area (Å²) in [4.78, 5) is 11.8. The summed E-state index contributed by atoms with van der Waals surface area (Å²) in [6, 6.07) is 0. The van der Waals surface area contributed by atoms with Crippen LogP contribution in [0.5, 0.6) is 0 Å². The van der Waals surface area contributed by atoms with Gasteiger partial charge in [0.25, 0.3) is 0 Å². The molecule has 1 amide bonds. The molecule has 0 aliphatic heterocycles. The average molecular weight is 268 g/mol. The van der Waals surface area contributed by atoms with E-state index in [4.69, 9.17) is 5.73 Å². The number of nitrogens with two attached hydrogens (primary N) is 1. The van der Waals surface area contributed by atoms with Crippen molar-refractivity contribution < 1.29 is 4.79 Å². The van der Waals surface area contributed by atoms with E-state index in [1.807, 2.05) is 0 Å². The first kappa shape index (κ1) is 16.5. The lowest BCUT2D eigenvalue weighted by Crippen LogP contribution is -2.29. The standard InChI is InChI=1S/C16H32N2O/c1-13(2)10-15(12-17)11-16(19)18-9-5-8-14-6-3-4-7-14/h13-15H,3-12,17H2,1-2H3,(H,18,19)/t15-/m0/s1. The maximum Gasteiger partial charge on any atom is 0.220 e. The Balaban J connectivity index is 2.05. The van der Waals surface area contributed by atoms with Crippen LogP contribution in [-0.2, 0) is 4.79 Å². The van der Waals surface area contributed by atoms with E-state index in [-0.39, 0.29) is 5.91 Å². The van der Waals surface area contributed by atoms with Crippen molar-refractivity contribution in [3.05, 3.63) is 0 Å². The van der Waals surface area contributed by atoms with Crippen molar-refractivity contribution in [1.82, 2.24) is 5.32 Å². The average Bonchev–Trinajstić information content (AvgIpc) is 2.86. The van der Waals surface area contributed by atoms with Crippen molar-refractivity contribution in [2.45, 2.75) is 65.2 Å². The van der Waals surface area contributed by atoms with Crippen LogP contribution in [0.4, 0.5) is 0 Å². The zero-order chi connectivity index (χ0) is 14.1. The van der Waals surface area contributed by atoms with Gasteiger partial charge in [0.2, 0.25) is 5.91 Å². The molecular formula is C16H32N2O. The van der Waals surface area contributed by atoms with Gasteiger partial charge >= 0.3 is 0 Å². The minimum Gasteiger partial charge on any atom is -0.356 e. The fraction of sp³-hybridized carbons (Fsp3) is 0.938. The van der Waals surface area contributed by atoms with Gasteiger partial charge in [-0.15, -0.1) is 0 Å². The summed E-state index contributed by atoms with van der Waals surface area (Å²) >= 11 is 0. The second-order valence-electron chi connectivity index (χ2n) is 6.58. The van der Waals surface area contributed by atoms with E-state index >= 15 is 0 Å². The van der Waals surface area contributed by atoms with Crippen LogP contribution >= 0.6 is 0 Å². The summed E-state index contributed by atoms with van der Waals surface area (Å²) in [6.45, 7) is 5.83. The van der Waals surface area contributed by atoms with Crippen LogP contribution in [0.2, 0.25) is 0 Å². The summed E-state index contributed by atoms with van der Waals surface area (Å²) in [5.74, 6) is 2.07. The number of carbonyl (C=O) groups is 1. The second kappa shape index (κ2) is 9.35. The summed E-state index contributed by atoms with van der Waals surface area (Å²) < 4.78 is 0. The van der Waals surface area contributed by atoms with Gasteiger partial charge < -0.3 is 11.1 Å². The van der Waals surface area contributed by atoms with Gasteiger partial charge in [0.1, 0.15) is 0 Å². The fourth-order valence-corrected chi connectivity index (χ4v) is 3.18. The number of hydrogen-bond donors (Lipinski definition) is 2. The summed E-state index contributed by atoms with van der Waals surface area (Å²) in [6.07, 6.45) is 9.68. The van der Waals surface area contributed by atoms with Crippen molar-refractivity contribution in [2.24, 2.45) is 23.5 Å². The quantitative estimate of drug-likeness (QED) is 0.631. The topological polar surface area (TPSA) is 55.1 Å². The molecule has 0 bridgehead atoms. The normalized spacial score (nSPS) is 17.9. The van der Waals surface area contributed by atoms with Crippen molar-refractivity contribution >= 4 is 5.91 Å². The lowest BCUT2D eigenvalue weighted by Gasteiger charge is -2.16. The molecule has 0 saturated heterocycles. The van der Waals surface area contributed by atoms with E-state index in [0.717, 1.165) is 25.3 Å². The molecule has 0 spiro atoms. The third-order valence-electron chi connectivity index (χ3n) is 4.20. The van der Waals surface area contributed by atoms with E-state index in [1.54, 1.807) is 0 Å². The highest BCUT2D eigenvalue weighted by molar-refractivity contribution is 5.76. The minimum absolute atomic E-state index is 0.183. The number of carbonyl (C=O) groups excluding carboxylic acids is 1. The highest BCUT2D eigenvalue weighted by atomic mass is 16.1. The molecule has 3 heteroatoms. The van der Waals surface area contributed by atoms with Crippen LogP contribution in [0.3, 0.4) is 0 Å². The smallest absolute Gasteiger partial charge is 0.220 e. The third-order valence-corrected chi connectivity index (χ3v) is 4.20. The molecule has 1 atom stereocenters. The highest BCUT2D eigenvalue weighted by Gasteiger charge is 2.15. The van der Waals surface area contributed by atoms with Crippen molar-refractivity contribution in [3.8, 4) is 0 Å². The van der Waals surface area contributed by atoms with E-state index < -0.39 is 0 Å². The Morgan fingerprint density at radius 2 is 2.00 bits per heavy atom. The molecule has 0 radical (unpaired) electrons. The first-order valence-electron chi connectivity index (χ1n) is 8.08. The van der Waals surface area contributed by atoms with Crippen LogP contribution in [0.15, 0.2) is 0 Å². The Hall–Kier alpha value is -0.570. The molecule has 19 heavy (non-hydrogen) atoms. The van der Waals surface area contributed by atoms with Gasteiger partial charge in [-0.05, 0) is 43.6 Å². The number of nitrogens with one attached hydrogen (secondary N) is 1. The maximum absolute atomic E-state index is 11.8. The minimum atomic E-state index is 0.183. The van der Waals surface area contributed by atoms with Crippen LogP contribution in [0.25, 0.3) is 0 Å². The number of hydrogen-bond acceptors (Lipinski definition) is 2. The van der Waals surface area contributed by atoms with Gasteiger partial charge in [-0.1, -0.05) is 39.5 Å². The first-order chi connectivity index (χ1) is 9.11. The monoisotopic (exact) mass is 268 g/mol. The molecule has 1 aliphatic rings. The first-order valence-corrected chi connectivity index (χ1v) is 8.08. The molecule has 1 fully saturated rings. The summed E-state index contributed by atoms with van der Waals surface area (Å²) in [7, 11) is 0. The van der Waals surface area contributed by atoms with Crippen molar-refractivity contribution in [1.29, 1.82) is 0 Å². The Kier molecular flexibility index (Phi) is 8.11. The van der Waals surface area contributed by atoms with Gasteiger partial charge in [-0.2, -0.15) is 0 Å². The zero-order valence-corrected chi connectivity index (χ0v) is 12.8. The van der Waals surface area contributed by atoms with Crippen LogP contribution in [0, 0.1) is 17.8 Å². The highest BCUT2D eigenvalue weighted by Crippen LogP contribution is 2.28. The zero-order valence-electron chi connectivity index (χ0n) is 12.8. The molecule has 1 rings (SSSR count). The summed E-state index contributed by atoms with van der Waals surface area (Å²) in [5, 5.41) is 3.05. The number of rotatable bonds is 9. The summed E-state index contributed by atoms with van der Waals surface area (Å²) in [5.41, 5.74) is 5.73. The Morgan fingerprint density at radius 3 is 2.58 bits per heavy atom.